The first-order chi connectivity index (χ1) is 11.1. The molecule has 2 aromatic heterocycles. The van der Waals surface area contributed by atoms with Gasteiger partial charge in [0.15, 0.2) is 5.65 Å². The molecule has 0 atom stereocenters. The van der Waals surface area contributed by atoms with Crippen molar-refractivity contribution in [3.63, 3.8) is 0 Å². The lowest BCUT2D eigenvalue weighted by atomic mass is 10.3. The Balaban J connectivity index is 2.02. The third-order valence-electron chi connectivity index (χ3n) is 3.62. The Labute approximate surface area is 140 Å². The van der Waals surface area contributed by atoms with E-state index in [4.69, 9.17) is 4.74 Å². The summed E-state index contributed by atoms with van der Waals surface area (Å²) >= 11 is 1.71. The highest BCUT2D eigenvalue weighted by Gasteiger charge is 2.13. The Hall–Kier alpha value is -2.21. The summed E-state index contributed by atoms with van der Waals surface area (Å²) in [4.78, 5) is 7.85. The Bertz CT molecular complexity index is 811. The molecule has 0 saturated carbocycles. The van der Waals surface area contributed by atoms with Crippen LogP contribution in [0.1, 0.15) is 12.5 Å². The molecule has 3 rings (SSSR count). The fourth-order valence-electron chi connectivity index (χ4n) is 2.36. The minimum atomic E-state index is 0.577. The van der Waals surface area contributed by atoms with E-state index >= 15 is 0 Å². The van der Waals surface area contributed by atoms with Gasteiger partial charge in [0.25, 0.3) is 0 Å². The molecule has 0 aliphatic carbocycles. The third-order valence-corrected chi connectivity index (χ3v) is 4.37. The SMILES string of the molecule is CCc1cnn2c(N(C)C)cc(Oc3ccc(SC)cc3)nc12. The van der Waals surface area contributed by atoms with Crippen LogP contribution in [-0.2, 0) is 6.42 Å². The summed E-state index contributed by atoms with van der Waals surface area (Å²) in [7, 11) is 3.97. The molecule has 0 aliphatic heterocycles. The molecule has 0 bridgehead atoms. The zero-order valence-electron chi connectivity index (χ0n) is 13.8. The van der Waals surface area contributed by atoms with Crippen LogP contribution in [0.4, 0.5) is 5.82 Å². The minimum absolute atomic E-state index is 0.577. The highest BCUT2D eigenvalue weighted by Crippen LogP contribution is 2.27. The fourth-order valence-corrected chi connectivity index (χ4v) is 2.76. The largest absolute Gasteiger partial charge is 0.439 e. The van der Waals surface area contributed by atoms with Gasteiger partial charge in [-0.25, -0.2) is 0 Å². The van der Waals surface area contributed by atoms with Crippen LogP contribution in [0.25, 0.3) is 5.65 Å². The van der Waals surface area contributed by atoms with Crippen LogP contribution in [0.3, 0.4) is 0 Å². The molecule has 0 amide bonds. The number of aryl methyl sites for hydroxylation is 1. The molecule has 0 N–H and O–H groups in total. The smallest absolute Gasteiger partial charge is 0.224 e. The molecule has 23 heavy (non-hydrogen) atoms. The number of benzene rings is 1. The quantitative estimate of drug-likeness (QED) is 0.665. The number of hydrogen-bond acceptors (Lipinski definition) is 5. The second-order valence-corrected chi connectivity index (χ2v) is 6.26. The van der Waals surface area contributed by atoms with E-state index in [1.807, 2.05) is 60.0 Å². The summed E-state index contributed by atoms with van der Waals surface area (Å²) in [5, 5.41) is 4.44. The second kappa shape index (κ2) is 6.50. The van der Waals surface area contributed by atoms with Gasteiger partial charge in [-0.1, -0.05) is 6.92 Å². The Morgan fingerprint density at radius 1 is 1.22 bits per heavy atom. The summed E-state index contributed by atoms with van der Waals surface area (Å²) in [6, 6.07) is 9.92. The number of nitrogens with zero attached hydrogens (tertiary/aromatic N) is 4. The minimum Gasteiger partial charge on any atom is -0.439 e. The standard InChI is InChI=1S/C17H20N4OS/c1-5-12-11-18-21-16(20(2)3)10-15(19-17(12)21)22-13-6-8-14(23-4)9-7-13/h6-11H,5H2,1-4H3. The summed E-state index contributed by atoms with van der Waals surface area (Å²) < 4.78 is 7.81. The molecule has 0 saturated heterocycles. The Morgan fingerprint density at radius 2 is 1.96 bits per heavy atom. The van der Waals surface area contributed by atoms with Gasteiger partial charge in [-0.3, -0.25) is 0 Å². The predicted octanol–water partition coefficient (Wildman–Crippen LogP) is 3.87. The third kappa shape index (κ3) is 3.12. The molecular formula is C17H20N4OS. The maximum atomic E-state index is 5.96. The van der Waals surface area contributed by atoms with Gasteiger partial charge in [-0.05, 0) is 36.9 Å². The van der Waals surface area contributed by atoms with Crippen LogP contribution < -0.4 is 9.64 Å². The summed E-state index contributed by atoms with van der Waals surface area (Å²) in [6.07, 6.45) is 4.81. The summed E-state index contributed by atoms with van der Waals surface area (Å²) in [5.74, 6) is 2.29. The number of aromatic nitrogens is 3. The van der Waals surface area contributed by atoms with E-state index in [9.17, 15) is 0 Å². The fraction of sp³-hybridized carbons (Fsp3) is 0.294. The number of thioether (sulfide) groups is 1. The average Bonchev–Trinajstić information content (AvgIpc) is 2.97. The van der Waals surface area contributed by atoms with Crippen molar-refractivity contribution in [1.82, 2.24) is 14.6 Å². The summed E-state index contributed by atoms with van der Waals surface area (Å²) in [5.41, 5.74) is 1.95. The number of rotatable bonds is 5. The molecule has 0 spiro atoms. The maximum absolute atomic E-state index is 5.96. The molecule has 2 heterocycles. The van der Waals surface area contributed by atoms with E-state index in [0.717, 1.165) is 29.2 Å². The number of anilines is 1. The van der Waals surface area contributed by atoms with E-state index in [1.165, 1.54) is 4.90 Å². The van der Waals surface area contributed by atoms with Crippen LogP contribution >= 0.6 is 11.8 Å². The highest BCUT2D eigenvalue weighted by atomic mass is 32.2. The Kier molecular flexibility index (Phi) is 4.43. The van der Waals surface area contributed by atoms with Gasteiger partial charge in [0.05, 0.1) is 6.20 Å². The molecule has 0 radical (unpaired) electrons. The van der Waals surface area contributed by atoms with Crippen molar-refractivity contribution in [2.75, 3.05) is 25.3 Å². The van der Waals surface area contributed by atoms with Gasteiger partial charge >= 0.3 is 0 Å². The predicted molar refractivity (Wildman–Crippen MR) is 95.0 cm³/mol. The molecular weight excluding hydrogens is 308 g/mol. The number of ether oxygens (including phenoxy) is 1. The van der Waals surface area contributed by atoms with Crippen molar-refractivity contribution in [3.8, 4) is 11.6 Å². The van der Waals surface area contributed by atoms with Crippen molar-refractivity contribution in [1.29, 1.82) is 0 Å². The van der Waals surface area contributed by atoms with E-state index in [0.29, 0.717) is 5.88 Å². The molecule has 6 heteroatoms. The van der Waals surface area contributed by atoms with Crippen molar-refractivity contribution in [2.45, 2.75) is 18.2 Å². The maximum Gasteiger partial charge on any atom is 0.224 e. The first-order valence-corrected chi connectivity index (χ1v) is 8.71. The molecule has 5 nitrogen and oxygen atoms in total. The average molecular weight is 328 g/mol. The van der Waals surface area contributed by atoms with Gasteiger partial charge in [0.2, 0.25) is 5.88 Å². The van der Waals surface area contributed by atoms with Crippen molar-refractivity contribution >= 4 is 23.2 Å². The van der Waals surface area contributed by atoms with E-state index < -0.39 is 0 Å². The van der Waals surface area contributed by atoms with Gasteiger partial charge in [0.1, 0.15) is 11.6 Å². The zero-order chi connectivity index (χ0) is 16.4. The van der Waals surface area contributed by atoms with Crippen molar-refractivity contribution in [3.05, 3.63) is 42.1 Å². The van der Waals surface area contributed by atoms with Crippen LogP contribution in [0.5, 0.6) is 11.6 Å². The molecule has 0 unspecified atom stereocenters. The van der Waals surface area contributed by atoms with Crippen LogP contribution in [0, 0.1) is 0 Å². The topological polar surface area (TPSA) is 42.7 Å². The van der Waals surface area contributed by atoms with Gasteiger partial charge < -0.3 is 9.64 Å². The zero-order valence-corrected chi connectivity index (χ0v) is 14.6. The first kappa shape index (κ1) is 15.7. The van der Waals surface area contributed by atoms with E-state index in [2.05, 4.69) is 23.3 Å². The van der Waals surface area contributed by atoms with Crippen molar-refractivity contribution in [2.24, 2.45) is 0 Å². The van der Waals surface area contributed by atoms with Crippen LogP contribution in [0.2, 0.25) is 0 Å². The molecule has 0 fully saturated rings. The lowest BCUT2D eigenvalue weighted by Gasteiger charge is -2.15. The van der Waals surface area contributed by atoms with E-state index in [-0.39, 0.29) is 0 Å². The number of hydrogen-bond donors (Lipinski definition) is 0. The first-order valence-electron chi connectivity index (χ1n) is 7.49. The lowest BCUT2D eigenvalue weighted by Crippen LogP contribution is -2.14. The second-order valence-electron chi connectivity index (χ2n) is 5.38. The van der Waals surface area contributed by atoms with Gasteiger partial charge in [-0.15, -0.1) is 11.8 Å². The Morgan fingerprint density at radius 3 is 2.57 bits per heavy atom. The normalized spacial score (nSPS) is 11.0. The van der Waals surface area contributed by atoms with Crippen LogP contribution in [0.15, 0.2) is 41.4 Å². The van der Waals surface area contributed by atoms with Gasteiger partial charge in [-0.2, -0.15) is 14.6 Å². The molecule has 120 valence electrons. The number of fused-ring (bicyclic) bond motifs is 1. The van der Waals surface area contributed by atoms with Gasteiger partial charge in [0, 0.05) is 30.6 Å². The lowest BCUT2D eigenvalue weighted by molar-refractivity contribution is 0.462. The van der Waals surface area contributed by atoms with Crippen molar-refractivity contribution < 1.29 is 4.74 Å². The summed E-state index contributed by atoms with van der Waals surface area (Å²) in [6.45, 7) is 2.10. The highest BCUT2D eigenvalue weighted by molar-refractivity contribution is 7.98. The molecule has 3 aromatic rings. The van der Waals surface area contributed by atoms with Crippen LogP contribution in [-0.4, -0.2) is 34.9 Å². The molecule has 0 aliphatic rings. The monoisotopic (exact) mass is 328 g/mol. The van der Waals surface area contributed by atoms with E-state index in [1.54, 1.807) is 11.8 Å². The molecule has 1 aromatic carbocycles.